The van der Waals surface area contributed by atoms with Crippen molar-refractivity contribution in [2.45, 2.75) is 19.6 Å². The molecule has 0 aliphatic rings. The SMILES string of the molecule is C[Si](C)(C)c1ncc(-c2nc(Cl)nc(-c3ccccc3)n2)c2ccccc12. The molecular formula is C21H19ClN4Si. The minimum atomic E-state index is -1.59. The maximum absolute atomic E-state index is 6.23. The van der Waals surface area contributed by atoms with Crippen LogP contribution in [0.4, 0.5) is 0 Å². The summed E-state index contributed by atoms with van der Waals surface area (Å²) >= 11 is 6.23. The molecule has 0 aliphatic heterocycles. The average Bonchev–Trinajstić information content (AvgIpc) is 2.66. The summed E-state index contributed by atoms with van der Waals surface area (Å²) in [6, 6.07) is 18.1. The highest BCUT2D eigenvalue weighted by molar-refractivity contribution is 6.89. The Kier molecular flexibility index (Phi) is 4.49. The van der Waals surface area contributed by atoms with E-state index in [1.807, 2.05) is 48.7 Å². The fourth-order valence-corrected chi connectivity index (χ4v) is 4.79. The van der Waals surface area contributed by atoms with Crippen LogP contribution < -0.4 is 5.32 Å². The Bertz CT molecular complexity index is 1120. The van der Waals surface area contributed by atoms with Gasteiger partial charge in [-0.15, -0.1) is 0 Å². The molecule has 0 radical (unpaired) electrons. The van der Waals surface area contributed by atoms with Gasteiger partial charge in [-0.3, -0.25) is 4.98 Å². The molecule has 0 amide bonds. The monoisotopic (exact) mass is 390 g/mol. The van der Waals surface area contributed by atoms with Crippen LogP contribution in [0.3, 0.4) is 0 Å². The van der Waals surface area contributed by atoms with E-state index in [9.17, 15) is 0 Å². The van der Waals surface area contributed by atoms with E-state index >= 15 is 0 Å². The van der Waals surface area contributed by atoms with E-state index < -0.39 is 8.07 Å². The molecule has 4 aromatic rings. The molecule has 0 bridgehead atoms. The van der Waals surface area contributed by atoms with Crippen molar-refractivity contribution in [1.82, 2.24) is 19.9 Å². The number of nitrogens with zero attached hydrogens (tertiary/aromatic N) is 4. The van der Waals surface area contributed by atoms with Gasteiger partial charge in [0.05, 0.1) is 0 Å². The Hall–Kier alpha value is -2.63. The number of rotatable bonds is 3. The molecule has 0 spiro atoms. The molecule has 0 unspecified atom stereocenters. The zero-order valence-electron chi connectivity index (χ0n) is 15.4. The van der Waals surface area contributed by atoms with Gasteiger partial charge < -0.3 is 0 Å². The average molecular weight is 391 g/mol. The molecule has 0 saturated carbocycles. The highest BCUT2D eigenvalue weighted by Crippen LogP contribution is 2.27. The highest BCUT2D eigenvalue weighted by Gasteiger charge is 2.23. The second-order valence-corrected chi connectivity index (χ2v) is 12.7. The lowest BCUT2D eigenvalue weighted by atomic mass is 10.1. The number of aromatic nitrogens is 4. The minimum absolute atomic E-state index is 0.178. The van der Waals surface area contributed by atoms with E-state index in [2.05, 4.69) is 46.7 Å². The topological polar surface area (TPSA) is 51.6 Å². The van der Waals surface area contributed by atoms with Crippen LogP contribution in [-0.4, -0.2) is 28.0 Å². The Morgan fingerprint density at radius 1 is 0.741 bits per heavy atom. The largest absolute Gasteiger partial charge is 0.265 e. The molecular weight excluding hydrogens is 372 g/mol. The van der Waals surface area contributed by atoms with Crippen molar-refractivity contribution >= 4 is 35.8 Å². The lowest BCUT2D eigenvalue weighted by molar-refractivity contribution is 1.07. The maximum atomic E-state index is 6.23. The number of halogens is 1. The van der Waals surface area contributed by atoms with Crippen molar-refractivity contribution in [3.8, 4) is 22.8 Å². The summed E-state index contributed by atoms with van der Waals surface area (Å²) in [5.41, 5.74) is 1.77. The van der Waals surface area contributed by atoms with E-state index in [0.717, 1.165) is 21.9 Å². The molecule has 2 aromatic heterocycles. The van der Waals surface area contributed by atoms with Crippen LogP contribution in [0.5, 0.6) is 0 Å². The minimum Gasteiger partial charge on any atom is -0.265 e. The van der Waals surface area contributed by atoms with E-state index in [4.69, 9.17) is 16.6 Å². The first-order valence-electron chi connectivity index (χ1n) is 8.79. The Morgan fingerprint density at radius 2 is 1.37 bits per heavy atom. The summed E-state index contributed by atoms with van der Waals surface area (Å²) in [5.74, 6) is 1.10. The van der Waals surface area contributed by atoms with E-state index in [0.29, 0.717) is 11.6 Å². The summed E-state index contributed by atoms with van der Waals surface area (Å²) in [6.07, 6.45) is 1.87. The number of hydrogen-bond acceptors (Lipinski definition) is 4. The van der Waals surface area contributed by atoms with Gasteiger partial charge in [-0.05, 0) is 22.4 Å². The van der Waals surface area contributed by atoms with Gasteiger partial charge in [0.1, 0.15) is 8.07 Å². The van der Waals surface area contributed by atoms with Gasteiger partial charge in [-0.2, -0.15) is 9.97 Å². The Balaban J connectivity index is 1.95. The maximum Gasteiger partial charge on any atom is 0.226 e. The predicted octanol–water partition coefficient (Wildman–Crippen LogP) is 4.95. The van der Waals surface area contributed by atoms with Gasteiger partial charge in [0.2, 0.25) is 5.28 Å². The Labute approximate surface area is 164 Å². The third kappa shape index (κ3) is 3.48. The number of hydrogen-bond donors (Lipinski definition) is 0. The molecule has 0 saturated heterocycles. The summed E-state index contributed by atoms with van der Waals surface area (Å²) in [5, 5.41) is 3.61. The van der Waals surface area contributed by atoms with Gasteiger partial charge in [0.25, 0.3) is 0 Å². The van der Waals surface area contributed by atoms with Gasteiger partial charge in [-0.25, -0.2) is 4.98 Å². The third-order valence-electron chi connectivity index (χ3n) is 4.39. The molecule has 6 heteroatoms. The van der Waals surface area contributed by atoms with E-state index in [1.54, 1.807) is 0 Å². The fraction of sp³-hybridized carbons (Fsp3) is 0.143. The van der Waals surface area contributed by atoms with Crippen LogP contribution in [0.25, 0.3) is 33.5 Å². The van der Waals surface area contributed by atoms with Crippen LogP contribution in [0.2, 0.25) is 24.9 Å². The summed E-state index contributed by atoms with van der Waals surface area (Å²) in [4.78, 5) is 18.2. The highest BCUT2D eigenvalue weighted by atomic mass is 35.5. The van der Waals surface area contributed by atoms with Gasteiger partial charge in [-0.1, -0.05) is 74.2 Å². The molecule has 0 N–H and O–H groups in total. The molecule has 0 atom stereocenters. The molecule has 27 heavy (non-hydrogen) atoms. The van der Waals surface area contributed by atoms with E-state index in [1.165, 1.54) is 5.32 Å². The standard InChI is InChI=1S/C21H19ClN4Si/c1-27(2,3)20-16-12-8-7-11-15(16)17(13-23-20)19-24-18(25-21(22)26-19)14-9-5-4-6-10-14/h4-13H,1-3H3. The van der Waals surface area contributed by atoms with Crippen molar-refractivity contribution in [2.75, 3.05) is 0 Å². The van der Waals surface area contributed by atoms with Crippen LogP contribution in [0.1, 0.15) is 0 Å². The van der Waals surface area contributed by atoms with E-state index in [-0.39, 0.29) is 5.28 Å². The molecule has 2 aromatic carbocycles. The molecule has 2 heterocycles. The first-order valence-corrected chi connectivity index (χ1v) is 12.7. The predicted molar refractivity (Wildman–Crippen MR) is 114 cm³/mol. The van der Waals surface area contributed by atoms with Crippen molar-refractivity contribution in [3.63, 3.8) is 0 Å². The molecule has 0 aliphatic carbocycles. The van der Waals surface area contributed by atoms with Gasteiger partial charge in [0, 0.05) is 22.6 Å². The zero-order valence-corrected chi connectivity index (χ0v) is 17.2. The molecule has 0 fully saturated rings. The van der Waals surface area contributed by atoms with Gasteiger partial charge >= 0.3 is 0 Å². The number of benzene rings is 2. The quantitative estimate of drug-likeness (QED) is 0.464. The first kappa shape index (κ1) is 17.8. The zero-order chi connectivity index (χ0) is 19.0. The normalized spacial score (nSPS) is 11.7. The van der Waals surface area contributed by atoms with Crippen molar-refractivity contribution < 1.29 is 0 Å². The smallest absolute Gasteiger partial charge is 0.226 e. The molecule has 134 valence electrons. The number of fused-ring (bicyclic) bond motifs is 1. The van der Waals surface area contributed by atoms with Crippen molar-refractivity contribution in [1.29, 1.82) is 0 Å². The summed E-state index contributed by atoms with van der Waals surface area (Å²) in [6.45, 7) is 6.90. The number of pyridine rings is 1. The fourth-order valence-electron chi connectivity index (χ4n) is 3.16. The Morgan fingerprint density at radius 3 is 2.07 bits per heavy atom. The first-order chi connectivity index (χ1) is 12.9. The lowest BCUT2D eigenvalue weighted by Gasteiger charge is -2.19. The van der Waals surface area contributed by atoms with Gasteiger partial charge in [0.15, 0.2) is 11.6 Å². The van der Waals surface area contributed by atoms with Crippen LogP contribution in [-0.2, 0) is 0 Å². The van der Waals surface area contributed by atoms with Crippen molar-refractivity contribution in [2.24, 2.45) is 0 Å². The second kappa shape index (κ2) is 6.83. The summed E-state index contributed by atoms with van der Waals surface area (Å²) < 4.78 is 0. The third-order valence-corrected chi connectivity index (χ3v) is 6.37. The summed E-state index contributed by atoms with van der Waals surface area (Å²) in [7, 11) is -1.59. The molecule has 4 rings (SSSR count). The van der Waals surface area contributed by atoms with Crippen LogP contribution in [0, 0.1) is 0 Å². The second-order valence-electron chi connectivity index (χ2n) is 7.43. The lowest BCUT2D eigenvalue weighted by Crippen LogP contribution is -2.40. The van der Waals surface area contributed by atoms with Crippen LogP contribution >= 0.6 is 11.6 Å². The van der Waals surface area contributed by atoms with Crippen molar-refractivity contribution in [3.05, 3.63) is 66.1 Å². The molecule has 4 nitrogen and oxygen atoms in total. The van der Waals surface area contributed by atoms with Crippen LogP contribution in [0.15, 0.2) is 60.8 Å².